The molecule has 0 atom stereocenters. The van der Waals surface area contributed by atoms with Crippen molar-refractivity contribution in [2.75, 3.05) is 0 Å². The number of hydrogen-bond acceptors (Lipinski definition) is 4. The van der Waals surface area contributed by atoms with Crippen molar-refractivity contribution in [3.8, 4) is 56.3 Å². The van der Waals surface area contributed by atoms with Crippen molar-refractivity contribution in [2.24, 2.45) is 0 Å². The topological polar surface area (TPSA) is 64.1 Å². The molecule has 0 saturated heterocycles. The first-order chi connectivity index (χ1) is 32.3. The van der Waals surface area contributed by atoms with E-state index in [1.165, 1.54) is 11.1 Å². The molecular weight excluding hydrogens is 831 g/mol. The number of rotatable bonds is 7. The van der Waals surface area contributed by atoms with Gasteiger partial charge in [0.15, 0.2) is 0 Å². The molecule has 7 aromatic carbocycles. The van der Waals surface area contributed by atoms with Gasteiger partial charge in [0.2, 0.25) is 0 Å². The molecule has 0 bridgehead atoms. The van der Waals surface area contributed by atoms with Gasteiger partial charge in [-0.2, -0.15) is 0 Å². The van der Waals surface area contributed by atoms with Crippen molar-refractivity contribution in [3.05, 3.63) is 192 Å². The van der Waals surface area contributed by atoms with E-state index in [1.807, 2.05) is 24.4 Å². The van der Waals surface area contributed by atoms with Crippen LogP contribution in [0.4, 0.5) is 0 Å². The number of phenolic OH excluding ortho intramolecular Hbond substituents is 1. The summed E-state index contributed by atoms with van der Waals surface area (Å²) >= 11 is 0. The minimum atomic E-state index is -0.376. The molecular formula is C63H61N3O2. The zero-order valence-electron chi connectivity index (χ0n) is 41.3. The average Bonchev–Trinajstić information content (AvgIpc) is 3.90. The van der Waals surface area contributed by atoms with Gasteiger partial charge in [-0.3, -0.25) is 9.55 Å². The summed E-state index contributed by atoms with van der Waals surface area (Å²) in [5, 5.41) is 14.7. The zero-order valence-corrected chi connectivity index (χ0v) is 41.3. The van der Waals surface area contributed by atoms with Crippen LogP contribution in [0, 0.1) is 0 Å². The van der Waals surface area contributed by atoms with E-state index in [2.05, 4.69) is 220 Å². The number of para-hydroxylation sites is 2. The lowest BCUT2D eigenvalue weighted by Gasteiger charge is -2.28. The van der Waals surface area contributed by atoms with Gasteiger partial charge in [-0.05, 0) is 98.2 Å². The molecule has 0 spiro atoms. The second-order valence-corrected chi connectivity index (χ2v) is 22.1. The number of pyridine rings is 1. The number of aromatic nitrogens is 3. The molecule has 0 saturated carbocycles. The first kappa shape index (κ1) is 44.6. The number of aromatic hydroxyl groups is 1. The Balaban J connectivity index is 1.32. The third-order valence-electron chi connectivity index (χ3n) is 13.9. The summed E-state index contributed by atoms with van der Waals surface area (Å²) in [6.07, 6.45) is 1.85. The molecule has 340 valence electrons. The Morgan fingerprint density at radius 1 is 0.485 bits per heavy atom. The molecule has 0 fully saturated rings. The third-order valence-corrected chi connectivity index (χ3v) is 13.9. The van der Waals surface area contributed by atoms with E-state index >= 15 is 0 Å². The Labute approximate surface area is 401 Å². The fourth-order valence-electron chi connectivity index (χ4n) is 9.80. The van der Waals surface area contributed by atoms with Gasteiger partial charge >= 0.3 is 0 Å². The van der Waals surface area contributed by atoms with Gasteiger partial charge in [0.1, 0.15) is 22.7 Å². The Morgan fingerprint density at radius 3 is 1.85 bits per heavy atom. The minimum Gasteiger partial charge on any atom is -0.507 e. The van der Waals surface area contributed by atoms with Crippen molar-refractivity contribution in [1.82, 2.24) is 14.5 Å². The summed E-state index contributed by atoms with van der Waals surface area (Å²) in [7, 11) is 0. The van der Waals surface area contributed by atoms with Gasteiger partial charge in [-0.25, -0.2) is 4.98 Å². The van der Waals surface area contributed by atoms with Crippen LogP contribution >= 0.6 is 0 Å². The maximum Gasteiger partial charge on any atom is 0.149 e. The van der Waals surface area contributed by atoms with Gasteiger partial charge in [0.25, 0.3) is 0 Å². The van der Waals surface area contributed by atoms with Crippen LogP contribution in [0.25, 0.3) is 83.6 Å². The van der Waals surface area contributed by atoms with Gasteiger partial charge in [0, 0.05) is 39.3 Å². The predicted octanol–water partition coefficient (Wildman–Crippen LogP) is 16.9. The molecule has 0 aliphatic heterocycles. The second kappa shape index (κ2) is 16.2. The fourth-order valence-corrected chi connectivity index (χ4v) is 9.80. The number of fused-ring (bicyclic) bond motifs is 4. The van der Waals surface area contributed by atoms with Crippen LogP contribution in [0.3, 0.4) is 0 Å². The highest BCUT2D eigenvalue weighted by molar-refractivity contribution is 6.11. The molecule has 10 aromatic rings. The van der Waals surface area contributed by atoms with Crippen LogP contribution in [0.2, 0.25) is 0 Å². The smallest absolute Gasteiger partial charge is 0.149 e. The number of hydrogen-bond donors (Lipinski definition) is 1. The molecule has 68 heavy (non-hydrogen) atoms. The van der Waals surface area contributed by atoms with Gasteiger partial charge in [0.05, 0.1) is 33.4 Å². The molecule has 0 amide bonds. The average molecular weight is 892 g/mol. The third kappa shape index (κ3) is 7.78. The molecule has 0 radical (unpaired) electrons. The number of phenols is 1. The molecule has 0 aliphatic carbocycles. The summed E-state index contributed by atoms with van der Waals surface area (Å²) in [6, 6.07) is 56.1. The Morgan fingerprint density at radius 2 is 1.15 bits per heavy atom. The van der Waals surface area contributed by atoms with Crippen molar-refractivity contribution in [2.45, 2.75) is 97.8 Å². The summed E-state index contributed by atoms with van der Waals surface area (Å²) in [6.45, 7) is 24.6. The molecule has 0 aliphatic rings. The summed E-state index contributed by atoms with van der Waals surface area (Å²) in [5.41, 5.74) is 15.7. The maximum absolute atomic E-state index is 12.7. The zero-order chi connectivity index (χ0) is 47.9. The van der Waals surface area contributed by atoms with E-state index in [9.17, 15) is 5.11 Å². The highest BCUT2D eigenvalue weighted by Gasteiger charge is 2.31. The molecule has 5 nitrogen and oxygen atoms in total. The van der Waals surface area contributed by atoms with E-state index in [0.29, 0.717) is 11.4 Å². The van der Waals surface area contributed by atoms with Crippen LogP contribution < -0.4 is 0 Å². The summed E-state index contributed by atoms with van der Waals surface area (Å²) in [4.78, 5) is 10.9. The van der Waals surface area contributed by atoms with Crippen LogP contribution in [-0.4, -0.2) is 19.6 Å². The summed E-state index contributed by atoms with van der Waals surface area (Å²) in [5.74, 6) is 0.927. The van der Waals surface area contributed by atoms with Gasteiger partial charge in [-0.1, -0.05) is 185 Å². The first-order valence-electron chi connectivity index (χ1n) is 23.9. The largest absolute Gasteiger partial charge is 0.507 e. The van der Waals surface area contributed by atoms with E-state index in [0.717, 1.165) is 88.9 Å². The van der Waals surface area contributed by atoms with Crippen molar-refractivity contribution in [3.63, 3.8) is 0 Å². The molecule has 0 unspecified atom stereocenters. The SMILES string of the molecule is CC(C)(C)c1ccc(-n2c(-c3cc(C(C)(C)C)cc(C(C)(C)C)c3O)nc3c(-c4cc(-c5nccc6oc7ccccc7c56)cc(C(C)(C)c5ccccc5)c4)cccc32)c(-c2ccccc2)c1. The van der Waals surface area contributed by atoms with Crippen LogP contribution in [0.1, 0.15) is 104 Å². The van der Waals surface area contributed by atoms with Crippen LogP contribution in [-0.2, 0) is 21.7 Å². The molecule has 1 N–H and O–H groups in total. The second-order valence-electron chi connectivity index (χ2n) is 22.1. The molecule has 3 aromatic heterocycles. The number of furan rings is 1. The number of benzene rings is 7. The maximum atomic E-state index is 12.7. The lowest BCUT2D eigenvalue weighted by Crippen LogP contribution is -2.19. The Bertz CT molecular complexity index is 3530. The monoisotopic (exact) mass is 891 g/mol. The predicted molar refractivity (Wildman–Crippen MR) is 284 cm³/mol. The highest BCUT2D eigenvalue weighted by Crippen LogP contribution is 2.47. The molecule has 10 rings (SSSR count). The minimum absolute atomic E-state index is 0.0891. The van der Waals surface area contributed by atoms with Crippen molar-refractivity contribution in [1.29, 1.82) is 0 Å². The van der Waals surface area contributed by atoms with E-state index in [-0.39, 0.29) is 27.4 Å². The van der Waals surface area contributed by atoms with Gasteiger partial charge < -0.3 is 9.52 Å². The van der Waals surface area contributed by atoms with Crippen LogP contribution in [0.15, 0.2) is 168 Å². The fraction of sp³-hybridized carbons (Fsp3) is 0.238. The van der Waals surface area contributed by atoms with E-state index < -0.39 is 0 Å². The Kier molecular flexibility index (Phi) is 10.6. The van der Waals surface area contributed by atoms with E-state index in [1.54, 1.807) is 0 Å². The normalized spacial score (nSPS) is 12.7. The lowest BCUT2D eigenvalue weighted by atomic mass is 9.76. The van der Waals surface area contributed by atoms with E-state index in [4.69, 9.17) is 14.4 Å². The number of imidazole rings is 1. The molecule has 5 heteroatoms. The van der Waals surface area contributed by atoms with Crippen molar-refractivity contribution >= 4 is 33.0 Å². The standard InChI is InChI=1S/C63H61N3O2/c1-60(2,3)43-29-30-51(48(36-43)39-21-14-12-15-22-39)66-52-27-20-26-46(57(52)65-59(66)49-37-44(61(4,5)6)38-50(58(49)67)62(7,8)9)40-33-41(35-45(34-40)63(10,11)42-23-16-13-17-24-42)56-55-47-25-18-19-28-53(47)68-54(55)31-32-64-56/h12-38,67H,1-11H3. The lowest BCUT2D eigenvalue weighted by molar-refractivity contribution is 0.446. The quantitative estimate of drug-likeness (QED) is 0.173. The van der Waals surface area contributed by atoms with Crippen LogP contribution in [0.5, 0.6) is 5.75 Å². The Hall–Kier alpha value is -7.24. The summed E-state index contributed by atoms with van der Waals surface area (Å²) < 4.78 is 8.71. The molecule has 3 heterocycles. The van der Waals surface area contributed by atoms with Gasteiger partial charge in [-0.15, -0.1) is 0 Å². The van der Waals surface area contributed by atoms with Crippen molar-refractivity contribution < 1.29 is 9.52 Å². The first-order valence-corrected chi connectivity index (χ1v) is 23.9. The highest BCUT2D eigenvalue weighted by atomic mass is 16.3. The number of nitrogens with zero attached hydrogens (tertiary/aromatic N) is 3.